The summed E-state index contributed by atoms with van der Waals surface area (Å²) in [7, 11) is 0.0609. The molecule has 0 aromatic carbocycles. The molecule has 0 N–H and O–H groups in total. The van der Waals surface area contributed by atoms with Gasteiger partial charge in [-0.05, 0) is 26.3 Å². The smallest absolute Gasteiger partial charge is 0.462 e. The molecule has 0 aromatic rings. The summed E-state index contributed by atoms with van der Waals surface area (Å²) in [5.74, 6) is -0.585. The van der Waals surface area contributed by atoms with Crippen LogP contribution in [0.25, 0.3) is 0 Å². The molecular formula is C14H24O6Si. The van der Waals surface area contributed by atoms with E-state index in [1.807, 2.05) is 0 Å². The third-order valence-corrected chi connectivity index (χ3v) is 5.41. The van der Waals surface area contributed by atoms with E-state index in [-0.39, 0.29) is 19.0 Å². The van der Waals surface area contributed by atoms with Gasteiger partial charge >= 0.3 is 14.8 Å². The first-order chi connectivity index (χ1) is 9.90. The number of hydrogen-bond donors (Lipinski definition) is 0. The van der Waals surface area contributed by atoms with E-state index < -0.39 is 14.8 Å². The third kappa shape index (κ3) is 7.91. The first kappa shape index (κ1) is 19.7. The number of hydrogen-bond acceptors (Lipinski definition) is 6. The first-order valence-electron chi connectivity index (χ1n) is 6.63. The summed E-state index contributed by atoms with van der Waals surface area (Å²) in [6.45, 7) is 6.97. The molecule has 0 saturated carbocycles. The van der Waals surface area contributed by atoms with Crippen LogP contribution in [0.5, 0.6) is 0 Å². The monoisotopic (exact) mass is 316 g/mol. The van der Waals surface area contributed by atoms with Crippen LogP contribution in [0.1, 0.15) is 20.3 Å². The van der Waals surface area contributed by atoms with Gasteiger partial charge in [0.25, 0.3) is 0 Å². The van der Waals surface area contributed by atoms with E-state index in [1.54, 1.807) is 19.9 Å². The Labute approximate surface area is 127 Å². The summed E-state index contributed by atoms with van der Waals surface area (Å²) in [6, 6.07) is 0.451. The van der Waals surface area contributed by atoms with Gasteiger partial charge in [0.2, 0.25) is 0 Å². The van der Waals surface area contributed by atoms with Gasteiger partial charge < -0.3 is 18.0 Å². The second kappa shape index (κ2) is 10.4. The Bertz CT molecular complexity index is 387. The minimum absolute atomic E-state index is 0.0935. The lowest BCUT2D eigenvalue weighted by Gasteiger charge is -2.25. The third-order valence-electron chi connectivity index (χ3n) is 2.62. The van der Waals surface area contributed by atoms with Crippen molar-refractivity contribution < 1.29 is 27.6 Å². The molecule has 0 heterocycles. The summed E-state index contributed by atoms with van der Waals surface area (Å²) in [5.41, 5.74) is 0.352. The normalized spacial score (nSPS) is 11.6. The Balaban J connectivity index is 4.30. The molecule has 0 amide bonds. The van der Waals surface area contributed by atoms with Crippen molar-refractivity contribution in [3.63, 3.8) is 0 Å². The van der Waals surface area contributed by atoms with Gasteiger partial charge in [0.15, 0.2) is 5.78 Å². The number of rotatable bonds is 11. The van der Waals surface area contributed by atoms with E-state index >= 15 is 0 Å². The SMILES string of the molecule is C=C(C)C(=O)OCCC[Si](OC)(OC)OCC(=O)C=CC. The summed E-state index contributed by atoms with van der Waals surface area (Å²) in [5, 5.41) is 0. The Hall–Kier alpha value is -1.28. The summed E-state index contributed by atoms with van der Waals surface area (Å²) in [6.07, 6.45) is 3.59. The second-order valence-corrected chi connectivity index (χ2v) is 7.34. The van der Waals surface area contributed by atoms with E-state index in [1.165, 1.54) is 20.3 Å². The maximum atomic E-state index is 11.4. The highest BCUT2D eigenvalue weighted by molar-refractivity contribution is 6.60. The van der Waals surface area contributed by atoms with Gasteiger partial charge in [0, 0.05) is 25.8 Å². The Morgan fingerprint density at radius 3 is 2.33 bits per heavy atom. The van der Waals surface area contributed by atoms with Crippen molar-refractivity contribution in [2.45, 2.75) is 26.3 Å². The van der Waals surface area contributed by atoms with Crippen molar-refractivity contribution in [1.82, 2.24) is 0 Å². The fourth-order valence-electron chi connectivity index (χ4n) is 1.47. The average molecular weight is 316 g/mol. The minimum Gasteiger partial charge on any atom is -0.462 e. The number of ether oxygens (including phenoxy) is 1. The molecule has 0 aliphatic rings. The Kier molecular flexibility index (Phi) is 9.81. The van der Waals surface area contributed by atoms with Crippen LogP contribution in [0, 0.1) is 0 Å². The highest BCUT2D eigenvalue weighted by atomic mass is 28.4. The molecule has 0 aliphatic carbocycles. The number of allylic oxidation sites excluding steroid dienone is 1. The average Bonchev–Trinajstić information content (AvgIpc) is 2.47. The van der Waals surface area contributed by atoms with Crippen LogP contribution in [0.2, 0.25) is 6.04 Å². The molecule has 0 rings (SSSR count). The number of ketones is 1. The van der Waals surface area contributed by atoms with E-state index in [0.717, 1.165) is 0 Å². The maximum absolute atomic E-state index is 11.4. The van der Waals surface area contributed by atoms with Gasteiger partial charge in [0.1, 0.15) is 6.61 Å². The van der Waals surface area contributed by atoms with Crippen LogP contribution in [0.4, 0.5) is 0 Å². The van der Waals surface area contributed by atoms with Crippen molar-refractivity contribution in [2.24, 2.45) is 0 Å². The molecule has 7 heteroatoms. The lowest BCUT2D eigenvalue weighted by molar-refractivity contribution is -0.139. The first-order valence-corrected chi connectivity index (χ1v) is 8.56. The van der Waals surface area contributed by atoms with Crippen LogP contribution in [0.15, 0.2) is 24.3 Å². The zero-order valence-corrected chi connectivity index (χ0v) is 14.1. The van der Waals surface area contributed by atoms with Crippen molar-refractivity contribution in [1.29, 1.82) is 0 Å². The molecule has 0 saturated heterocycles. The van der Waals surface area contributed by atoms with Gasteiger partial charge in [-0.15, -0.1) is 0 Å². The fourth-order valence-corrected chi connectivity index (χ4v) is 3.36. The van der Waals surface area contributed by atoms with Crippen LogP contribution in [-0.4, -0.2) is 48.0 Å². The molecule has 0 bridgehead atoms. The predicted molar refractivity (Wildman–Crippen MR) is 80.7 cm³/mol. The summed E-state index contributed by atoms with van der Waals surface area (Å²) >= 11 is 0. The van der Waals surface area contributed by atoms with E-state index in [4.69, 9.17) is 18.0 Å². The van der Waals surface area contributed by atoms with Crippen molar-refractivity contribution in [3.8, 4) is 0 Å². The van der Waals surface area contributed by atoms with Gasteiger partial charge in [-0.3, -0.25) is 4.79 Å². The van der Waals surface area contributed by atoms with Crippen LogP contribution in [0.3, 0.4) is 0 Å². The topological polar surface area (TPSA) is 71.1 Å². The quantitative estimate of drug-likeness (QED) is 0.251. The van der Waals surface area contributed by atoms with E-state index in [2.05, 4.69) is 6.58 Å². The molecule has 0 atom stereocenters. The lowest BCUT2D eigenvalue weighted by Crippen LogP contribution is -2.45. The number of carbonyl (C=O) groups excluding carboxylic acids is 2. The molecule has 0 spiro atoms. The van der Waals surface area contributed by atoms with Gasteiger partial charge in [0.05, 0.1) is 6.61 Å². The minimum atomic E-state index is -2.90. The van der Waals surface area contributed by atoms with Crippen LogP contribution >= 0.6 is 0 Å². The summed E-state index contributed by atoms with van der Waals surface area (Å²) < 4.78 is 21.2. The molecule has 0 unspecified atom stereocenters. The zero-order valence-electron chi connectivity index (χ0n) is 13.1. The van der Waals surface area contributed by atoms with E-state index in [9.17, 15) is 9.59 Å². The number of esters is 1. The highest BCUT2D eigenvalue weighted by Gasteiger charge is 2.39. The molecule has 0 aliphatic heterocycles. The highest BCUT2D eigenvalue weighted by Crippen LogP contribution is 2.16. The molecule has 6 nitrogen and oxygen atoms in total. The maximum Gasteiger partial charge on any atom is 0.500 e. The molecule has 120 valence electrons. The van der Waals surface area contributed by atoms with Crippen molar-refractivity contribution >= 4 is 20.6 Å². The molecule has 0 radical (unpaired) electrons. The predicted octanol–water partition coefficient (Wildman–Crippen LogP) is 1.89. The molecule has 21 heavy (non-hydrogen) atoms. The number of carbonyl (C=O) groups is 2. The van der Waals surface area contributed by atoms with E-state index in [0.29, 0.717) is 18.0 Å². The Morgan fingerprint density at radius 2 is 1.86 bits per heavy atom. The van der Waals surface area contributed by atoms with Crippen molar-refractivity contribution in [3.05, 3.63) is 24.3 Å². The second-order valence-electron chi connectivity index (χ2n) is 4.37. The van der Waals surface area contributed by atoms with Crippen LogP contribution in [-0.2, 0) is 27.6 Å². The largest absolute Gasteiger partial charge is 0.500 e. The van der Waals surface area contributed by atoms with Gasteiger partial charge in [-0.2, -0.15) is 0 Å². The van der Waals surface area contributed by atoms with Gasteiger partial charge in [-0.25, -0.2) is 4.79 Å². The molecule has 0 aromatic heterocycles. The molecule has 0 fully saturated rings. The van der Waals surface area contributed by atoms with Crippen molar-refractivity contribution in [2.75, 3.05) is 27.4 Å². The summed E-state index contributed by atoms with van der Waals surface area (Å²) in [4.78, 5) is 22.7. The molecular weight excluding hydrogens is 292 g/mol. The fraction of sp³-hybridized carbons (Fsp3) is 0.571. The lowest BCUT2D eigenvalue weighted by atomic mass is 10.4. The van der Waals surface area contributed by atoms with Gasteiger partial charge in [-0.1, -0.05) is 12.7 Å². The zero-order chi connectivity index (χ0) is 16.3. The van der Waals surface area contributed by atoms with Crippen LogP contribution < -0.4 is 0 Å². The standard InChI is InChI=1S/C14H24O6Si/c1-6-8-13(15)11-20-21(17-4,18-5)10-7-9-19-14(16)12(2)3/h6,8H,2,7,9-11H2,1,3-5H3. The Morgan fingerprint density at radius 1 is 1.24 bits per heavy atom.